The van der Waals surface area contributed by atoms with E-state index in [1.165, 1.54) is 0 Å². The minimum atomic E-state index is -2.97. The molecule has 0 amide bonds. The van der Waals surface area contributed by atoms with Crippen molar-refractivity contribution in [1.82, 2.24) is 0 Å². The van der Waals surface area contributed by atoms with E-state index in [4.69, 9.17) is 0 Å². The van der Waals surface area contributed by atoms with Crippen LogP contribution in [-0.2, 0) is 14.4 Å². The van der Waals surface area contributed by atoms with Crippen LogP contribution in [0.4, 0.5) is 0 Å². The highest BCUT2D eigenvalue weighted by molar-refractivity contribution is 7.94. The van der Waals surface area contributed by atoms with Gasteiger partial charge in [-0.1, -0.05) is 4.57 Å². The lowest BCUT2D eigenvalue weighted by Gasteiger charge is -1.74. The molecule has 42 valence electrons. The third kappa shape index (κ3) is 6.05. The molecular weight excluding hydrogens is 135 g/mol. The minimum Gasteiger partial charge on any atom is -0.225 e. The Labute approximate surface area is 43.8 Å². The Balaban J connectivity index is 3.84. The van der Waals surface area contributed by atoms with Crippen LogP contribution >= 0.6 is 8.46 Å². The van der Waals surface area contributed by atoms with Gasteiger partial charge in [-0.05, 0) is 0 Å². The lowest BCUT2D eigenvalue weighted by Crippen LogP contribution is -1.94. The fraction of sp³-hybridized carbons (Fsp3) is 1.00. The van der Waals surface area contributed by atoms with Gasteiger partial charge in [-0.3, -0.25) is 0 Å². The van der Waals surface area contributed by atoms with E-state index < -0.39 is 18.3 Å². The monoisotopic (exact) mass is 141 g/mol. The van der Waals surface area contributed by atoms with E-state index in [1.807, 2.05) is 0 Å². The zero-order chi connectivity index (χ0) is 5.91. The van der Waals surface area contributed by atoms with Crippen molar-refractivity contribution in [2.75, 3.05) is 11.7 Å². The average molecular weight is 141 g/mol. The Kier molecular flexibility index (Phi) is 2.40. The third-order valence-electron chi connectivity index (χ3n) is 0.321. The maximum atomic E-state index is 10.0. The second kappa shape index (κ2) is 2.38. The van der Waals surface area contributed by atoms with E-state index in [1.54, 1.807) is 0 Å². The third-order valence-corrected chi connectivity index (χ3v) is 2.89. The fourth-order valence-corrected chi connectivity index (χ4v) is 0.963. The van der Waals surface area contributed by atoms with Crippen molar-refractivity contribution in [3.8, 4) is 0 Å². The summed E-state index contributed by atoms with van der Waals surface area (Å²) in [5, 5.41) is 0. The zero-order valence-corrected chi connectivity index (χ0v) is 5.66. The van der Waals surface area contributed by atoms with E-state index >= 15 is 0 Å². The number of rotatable bonds is 2. The molecule has 1 unspecified atom stereocenters. The lowest BCUT2D eigenvalue weighted by molar-refractivity contribution is 0.595. The normalized spacial score (nSPS) is 12.1. The highest BCUT2D eigenvalue weighted by Crippen LogP contribution is 1.95. The Hall–Kier alpha value is 0.0500. The van der Waals surface area contributed by atoms with Gasteiger partial charge in [0.15, 0.2) is 9.84 Å². The van der Waals surface area contributed by atoms with Crippen LogP contribution in [0, 0.1) is 0 Å². The van der Waals surface area contributed by atoms with Gasteiger partial charge in [0.1, 0.15) is 0 Å². The first-order valence-corrected chi connectivity index (χ1v) is 4.76. The smallest absolute Gasteiger partial charge is 0.225 e. The van der Waals surface area contributed by atoms with E-state index in [-0.39, 0.29) is 5.49 Å². The van der Waals surface area contributed by atoms with Crippen LogP contribution in [0.5, 0.6) is 0 Å². The molecule has 0 heterocycles. The van der Waals surface area contributed by atoms with Gasteiger partial charge in [0, 0.05) is 6.26 Å². The lowest BCUT2D eigenvalue weighted by atomic mass is 11.9. The van der Waals surface area contributed by atoms with E-state index in [2.05, 4.69) is 0 Å². The molecule has 0 rings (SSSR count). The first-order valence-electron chi connectivity index (χ1n) is 1.59. The molecule has 0 radical (unpaired) electrons. The maximum absolute atomic E-state index is 10.0. The van der Waals surface area contributed by atoms with Crippen molar-refractivity contribution in [3.05, 3.63) is 0 Å². The largest absolute Gasteiger partial charge is 0.340 e. The van der Waals surface area contributed by atoms with Crippen LogP contribution < -0.4 is 0 Å². The molecule has 0 aliphatic carbocycles. The molecule has 0 bridgehead atoms. The maximum Gasteiger partial charge on any atom is 0.340 e. The van der Waals surface area contributed by atoms with E-state index in [9.17, 15) is 13.0 Å². The van der Waals surface area contributed by atoms with Gasteiger partial charge in [-0.2, -0.15) is 0 Å². The topological polar surface area (TPSA) is 51.2 Å². The second-order valence-electron chi connectivity index (χ2n) is 1.21. The quantitative estimate of drug-likeness (QED) is 0.509. The minimum absolute atomic E-state index is 0.215. The summed E-state index contributed by atoms with van der Waals surface area (Å²) in [5.74, 6) is 0. The van der Waals surface area contributed by atoms with Crippen LogP contribution in [0.1, 0.15) is 0 Å². The predicted octanol–water partition coefficient (Wildman–Crippen LogP) is 0.0125. The summed E-state index contributed by atoms with van der Waals surface area (Å²) in [7, 11) is -3.70. The Morgan fingerprint density at radius 1 is 1.57 bits per heavy atom. The molecule has 0 saturated heterocycles. The molecule has 0 saturated carbocycles. The number of hydrogen-bond acceptors (Lipinski definition) is 3. The van der Waals surface area contributed by atoms with Crippen molar-refractivity contribution in [3.63, 3.8) is 0 Å². The van der Waals surface area contributed by atoms with Crippen molar-refractivity contribution in [1.29, 1.82) is 0 Å². The van der Waals surface area contributed by atoms with Crippen molar-refractivity contribution in [2.24, 2.45) is 0 Å². The highest BCUT2D eigenvalue weighted by atomic mass is 32.2. The van der Waals surface area contributed by atoms with Crippen LogP contribution in [-0.4, -0.2) is 20.2 Å². The zero-order valence-electron chi connectivity index (χ0n) is 3.84. The molecule has 0 aliphatic rings. The van der Waals surface area contributed by atoms with Gasteiger partial charge >= 0.3 is 8.46 Å². The Bertz CT molecular complexity index is 146. The number of sulfone groups is 1. The summed E-state index contributed by atoms with van der Waals surface area (Å²) in [6.45, 7) is 0. The highest BCUT2D eigenvalue weighted by Gasteiger charge is 2.04. The van der Waals surface area contributed by atoms with Gasteiger partial charge in [-0.15, -0.1) is 0 Å². The van der Waals surface area contributed by atoms with Crippen LogP contribution in [0.15, 0.2) is 0 Å². The summed E-state index contributed by atoms with van der Waals surface area (Å²) in [6, 6.07) is 0. The van der Waals surface area contributed by atoms with Crippen LogP contribution in [0.2, 0.25) is 0 Å². The molecule has 0 aromatic carbocycles. The molecule has 0 aromatic rings. The van der Waals surface area contributed by atoms with Gasteiger partial charge in [0.2, 0.25) is 5.49 Å². The molecule has 0 aromatic heterocycles. The standard InChI is InChI=1S/C2H5O3PS/c1-7(4,5)2-6-3/h2H2,1H3/p+1. The fourth-order valence-electron chi connectivity index (χ4n) is 0.107. The van der Waals surface area contributed by atoms with Crippen LogP contribution in [0.25, 0.3) is 0 Å². The summed E-state index contributed by atoms with van der Waals surface area (Å²) >= 11 is 0. The van der Waals surface area contributed by atoms with Gasteiger partial charge < -0.3 is 0 Å². The first kappa shape index (κ1) is 7.05. The summed E-state index contributed by atoms with van der Waals surface area (Å²) < 4.78 is 29.7. The molecule has 5 heteroatoms. The SMILES string of the molecule is CS(=O)(=O)C[PH+]=O. The van der Waals surface area contributed by atoms with E-state index in [0.717, 1.165) is 6.26 Å². The second-order valence-corrected chi connectivity index (χ2v) is 4.51. The summed E-state index contributed by atoms with van der Waals surface area (Å²) in [6.07, 6.45) is 1.05. The molecule has 3 nitrogen and oxygen atoms in total. The predicted molar refractivity (Wildman–Crippen MR) is 28.7 cm³/mol. The summed E-state index contributed by atoms with van der Waals surface area (Å²) in [5.41, 5.74) is -0.215. The van der Waals surface area contributed by atoms with Gasteiger partial charge in [0.25, 0.3) is 0 Å². The first-order chi connectivity index (χ1) is 3.06. The molecule has 0 N–H and O–H groups in total. The molecule has 7 heavy (non-hydrogen) atoms. The Morgan fingerprint density at radius 3 is 2.00 bits per heavy atom. The summed E-state index contributed by atoms with van der Waals surface area (Å²) in [4.78, 5) is 0. The molecule has 0 fully saturated rings. The van der Waals surface area contributed by atoms with Crippen LogP contribution in [0.3, 0.4) is 0 Å². The Morgan fingerprint density at radius 2 is 2.00 bits per heavy atom. The van der Waals surface area contributed by atoms with Gasteiger partial charge in [0.05, 0.1) is 0 Å². The molecule has 0 aliphatic heterocycles. The van der Waals surface area contributed by atoms with E-state index in [0.29, 0.717) is 0 Å². The van der Waals surface area contributed by atoms with Crippen molar-refractivity contribution < 1.29 is 13.0 Å². The molecule has 1 atom stereocenters. The number of hydrogen-bond donors (Lipinski definition) is 0. The average Bonchev–Trinajstić information content (AvgIpc) is 1.30. The van der Waals surface area contributed by atoms with Crippen molar-refractivity contribution >= 4 is 18.3 Å². The van der Waals surface area contributed by atoms with Gasteiger partial charge in [-0.25, -0.2) is 8.42 Å². The molecular formula is C2H6O3PS+. The molecule has 0 spiro atoms. The van der Waals surface area contributed by atoms with Crippen molar-refractivity contribution in [2.45, 2.75) is 0 Å².